The lowest BCUT2D eigenvalue weighted by molar-refractivity contribution is -0.122. The summed E-state index contributed by atoms with van der Waals surface area (Å²) in [6.45, 7) is 7.98. The summed E-state index contributed by atoms with van der Waals surface area (Å²) in [4.78, 5) is 12.5. The molecule has 1 unspecified atom stereocenters. The summed E-state index contributed by atoms with van der Waals surface area (Å²) < 4.78 is 7.43. The molecule has 1 atom stereocenters. The Hall–Kier alpha value is -2.81. The van der Waals surface area contributed by atoms with E-state index < -0.39 is 6.10 Å². The Bertz CT molecular complexity index is 814. The van der Waals surface area contributed by atoms with Gasteiger partial charge in [-0.15, -0.1) is 0 Å². The van der Waals surface area contributed by atoms with E-state index in [-0.39, 0.29) is 17.8 Å². The van der Waals surface area contributed by atoms with Gasteiger partial charge in [-0.05, 0) is 50.5 Å². The van der Waals surface area contributed by atoms with E-state index in [1.807, 2.05) is 33.8 Å². The van der Waals surface area contributed by atoms with Gasteiger partial charge in [-0.3, -0.25) is 9.48 Å². The predicted octanol–water partition coefficient (Wildman–Crippen LogP) is 2.89. The molecule has 1 aliphatic heterocycles. The van der Waals surface area contributed by atoms with Crippen LogP contribution < -0.4 is 10.1 Å². The summed E-state index contributed by atoms with van der Waals surface area (Å²) in [6.07, 6.45) is 1.56. The van der Waals surface area contributed by atoms with Gasteiger partial charge >= 0.3 is 0 Å². The molecule has 1 aromatic carbocycles. The summed E-state index contributed by atoms with van der Waals surface area (Å²) in [5.41, 5.74) is 3.70. The van der Waals surface area contributed by atoms with Crippen LogP contribution in [0.2, 0.25) is 0 Å². The average molecular weight is 324 g/mol. The lowest BCUT2D eigenvalue weighted by Gasteiger charge is -2.10. The molecule has 1 N–H and O–H groups in total. The van der Waals surface area contributed by atoms with Gasteiger partial charge in [-0.25, -0.2) is 0 Å². The maximum absolute atomic E-state index is 12.5. The van der Waals surface area contributed by atoms with Gasteiger partial charge in [0.05, 0.1) is 0 Å². The lowest BCUT2D eigenvalue weighted by Crippen LogP contribution is -2.31. The minimum Gasteiger partial charge on any atom is -0.480 e. The topological polar surface area (TPSA) is 79.9 Å². The number of aryl methyl sites for hydroxylation is 2. The van der Waals surface area contributed by atoms with Crippen molar-refractivity contribution < 1.29 is 9.53 Å². The number of nitrogens with zero attached hydrogens (tertiary/aromatic N) is 3. The van der Waals surface area contributed by atoms with E-state index in [0.29, 0.717) is 12.0 Å². The summed E-state index contributed by atoms with van der Waals surface area (Å²) in [5, 5.41) is 16.2. The number of anilines is 1. The quantitative estimate of drug-likeness (QED) is 0.941. The zero-order valence-corrected chi connectivity index (χ0v) is 14.3. The normalized spacial score (nSPS) is 15.8. The minimum absolute atomic E-state index is 0.112. The number of nitrogens with one attached hydrogen (secondary N) is 1. The molecule has 0 radical (unpaired) electrons. The molecule has 0 saturated carbocycles. The molecule has 0 aliphatic carbocycles. The van der Waals surface area contributed by atoms with Gasteiger partial charge in [-0.2, -0.15) is 10.4 Å². The molecular weight excluding hydrogens is 304 g/mol. The second kappa shape index (κ2) is 6.00. The number of aromatic nitrogens is 2. The van der Waals surface area contributed by atoms with Crippen molar-refractivity contribution in [1.82, 2.24) is 9.78 Å². The van der Waals surface area contributed by atoms with Crippen molar-refractivity contribution in [1.29, 1.82) is 5.26 Å². The van der Waals surface area contributed by atoms with Crippen LogP contribution in [0.1, 0.15) is 42.1 Å². The molecule has 1 amide bonds. The Morgan fingerprint density at radius 1 is 1.42 bits per heavy atom. The summed E-state index contributed by atoms with van der Waals surface area (Å²) in [5.74, 6) is 0.751. The number of hydrogen-bond acceptors (Lipinski definition) is 4. The Morgan fingerprint density at radius 2 is 2.12 bits per heavy atom. The largest absolute Gasteiger partial charge is 0.480 e. The van der Waals surface area contributed by atoms with Crippen molar-refractivity contribution in [3.8, 4) is 11.8 Å². The standard InChI is InChI=1S/C18H20N4O2/c1-10(2)22-9-14(8-19)17(21-22)20-18(23)16-7-13-5-11(3)12(4)6-15(13)24-16/h5-6,9-10,16H,7H2,1-4H3,(H,20,21,23). The number of amides is 1. The SMILES string of the molecule is Cc1cc2c(cc1C)OC(C(=O)Nc1nn(C(C)C)cc1C#N)C2. The highest BCUT2D eigenvalue weighted by Gasteiger charge is 2.30. The number of fused-ring (bicyclic) bond motifs is 1. The van der Waals surface area contributed by atoms with Crippen LogP contribution in [-0.2, 0) is 11.2 Å². The first-order valence-corrected chi connectivity index (χ1v) is 7.96. The number of benzene rings is 1. The van der Waals surface area contributed by atoms with Crippen LogP contribution in [0, 0.1) is 25.2 Å². The van der Waals surface area contributed by atoms with Crippen LogP contribution in [0.4, 0.5) is 5.82 Å². The molecule has 6 heteroatoms. The van der Waals surface area contributed by atoms with Crippen molar-refractivity contribution in [3.63, 3.8) is 0 Å². The number of ether oxygens (including phenoxy) is 1. The summed E-state index contributed by atoms with van der Waals surface area (Å²) >= 11 is 0. The molecule has 6 nitrogen and oxygen atoms in total. The number of carbonyl (C=O) groups excluding carboxylic acids is 1. The Labute approximate surface area is 141 Å². The van der Waals surface area contributed by atoms with Crippen LogP contribution in [0.15, 0.2) is 18.3 Å². The number of hydrogen-bond donors (Lipinski definition) is 1. The predicted molar refractivity (Wildman–Crippen MR) is 90.0 cm³/mol. The third-order valence-electron chi connectivity index (χ3n) is 4.27. The van der Waals surface area contributed by atoms with E-state index in [1.54, 1.807) is 10.9 Å². The van der Waals surface area contributed by atoms with Gasteiger partial charge in [-0.1, -0.05) is 6.07 Å². The zero-order chi connectivity index (χ0) is 17.4. The monoisotopic (exact) mass is 324 g/mol. The summed E-state index contributed by atoms with van der Waals surface area (Å²) in [6, 6.07) is 6.20. The molecule has 0 spiro atoms. The van der Waals surface area contributed by atoms with Crippen molar-refractivity contribution in [2.75, 3.05) is 5.32 Å². The van der Waals surface area contributed by atoms with Gasteiger partial charge in [0.2, 0.25) is 0 Å². The van der Waals surface area contributed by atoms with Crippen molar-refractivity contribution in [2.24, 2.45) is 0 Å². The second-order valence-corrected chi connectivity index (χ2v) is 6.42. The third-order valence-corrected chi connectivity index (χ3v) is 4.27. The highest BCUT2D eigenvalue weighted by molar-refractivity contribution is 5.95. The fourth-order valence-corrected chi connectivity index (χ4v) is 2.69. The van der Waals surface area contributed by atoms with E-state index in [0.717, 1.165) is 16.9 Å². The van der Waals surface area contributed by atoms with Crippen molar-refractivity contribution in [3.05, 3.63) is 40.6 Å². The maximum Gasteiger partial charge on any atom is 0.267 e. The number of rotatable bonds is 3. The molecule has 124 valence electrons. The van der Waals surface area contributed by atoms with E-state index in [2.05, 4.69) is 22.6 Å². The van der Waals surface area contributed by atoms with E-state index in [4.69, 9.17) is 4.74 Å². The zero-order valence-electron chi connectivity index (χ0n) is 14.3. The Morgan fingerprint density at radius 3 is 2.79 bits per heavy atom. The van der Waals surface area contributed by atoms with Gasteiger partial charge in [0, 0.05) is 18.7 Å². The smallest absolute Gasteiger partial charge is 0.267 e. The highest BCUT2D eigenvalue weighted by atomic mass is 16.5. The minimum atomic E-state index is -0.600. The van der Waals surface area contributed by atoms with Gasteiger partial charge < -0.3 is 10.1 Å². The average Bonchev–Trinajstić information content (AvgIpc) is 3.11. The van der Waals surface area contributed by atoms with Crippen LogP contribution in [0.5, 0.6) is 5.75 Å². The third kappa shape index (κ3) is 2.85. The molecule has 0 bridgehead atoms. The molecule has 2 aromatic rings. The number of nitriles is 1. The van der Waals surface area contributed by atoms with Gasteiger partial charge in [0.1, 0.15) is 17.4 Å². The molecule has 1 aromatic heterocycles. The van der Waals surface area contributed by atoms with Crippen molar-refractivity contribution >= 4 is 11.7 Å². The highest BCUT2D eigenvalue weighted by Crippen LogP contribution is 2.32. The van der Waals surface area contributed by atoms with Crippen LogP contribution >= 0.6 is 0 Å². The van der Waals surface area contributed by atoms with Crippen LogP contribution in [0.3, 0.4) is 0 Å². The molecule has 3 rings (SSSR count). The van der Waals surface area contributed by atoms with E-state index >= 15 is 0 Å². The fraction of sp³-hybridized carbons (Fsp3) is 0.389. The van der Waals surface area contributed by atoms with E-state index in [9.17, 15) is 10.1 Å². The van der Waals surface area contributed by atoms with Crippen LogP contribution in [0.25, 0.3) is 0 Å². The molecular formula is C18H20N4O2. The molecule has 0 fully saturated rings. The van der Waals surface area contributed by atoms with Gasteiger partial charge in [0.15, 0.2) is 11.9 Å². The van der Waals surface area contributed by atoms with Crippen molar-refractivity contribution in [2.45, 2.75) is 46.3 Å². The number of carbonyl (C=O) groups is 1. The first kappa shape index (κ1) is 16.1. The Balaban J connectivity index is 1.77. The van der Waals surface area contributed by atoms with Gasteiger partial charge in [0.25, 0.3) is 5.91 Å². The molecule has 2 heterocycles. The second-order valence-electron chi connectivity index (χ2n) is 6.42. The first-order chi connectivity index (χ1) is 11.4. The fourth-order valence-electron chi connectivity index (χ4n) is 2.69. The molecule has 24 heavy (non-hydrogen) atoms. The molecule has 1 aliphatic rings. The maximum atomic E-state index is 12.5. The first-order valence-electron chi connectivity index (χ1n) is 7.96. The molecule has 0 saturated heterocycles. The van der Waals surface area contributed by atoms with Crippen LogP contribution in [-0.4, -0.2) is 21.8 Å². The lowest BCUT2D eigenvalue weighted by atomic mass is 10.0. The summed E-state index contributed by atoms with van der Waals surface area (Å²) in [7, 11) is 0. The Kier molecular flexibility index (Phi) is 4.02. The van der Waals surface area contributed by atoms with E-state index in [1.165, 1.54) is 5.56 Å².